The number of piperidine rings is 1. The van der Waals surface area contributed by atoms with Crippen LogP contribution in [0.25, 0.3) is 11.1 Å². The molecule has 0 atom stereocenters. The molecule has 2 aliphatic heterocycles. The highest BCUT2D eigenvalue weighted by Gasteiger charge is 2.19. The zero-order valence-electron chi connectivity index (χ0n) is 14.3. The van der Waals surface area contributed by atoms with Gasteiger partial charge >= 0.3 is 0 Å². The van der Waals surface area contributed by atoms with Crippen molar-refractivity contribution < 1.29 is 4.79 Å². The molecule has 4 rings (SSSR count). The molecule has 3 heteroatoms. The quantitative estimate of drug-likeness (QED) is 0.921. The molecule has 1 amide bonds. The Balaban J connectivity index is 1.63. The number of hydrogen-bond acceptors (Lipinski definition) is 2. The lowest BCUT2D eigenvalue weighted by Gasteiger charge is -2.27. The molecule has 0 spiro atoms. The van der Waals surface area contributed by atoms with E-state index in [2.05, 4.69) is 47.5 Å². The molecule has 0 radical (unpaired) electrons. The highest BCUT2D eigenvalue weighted by Crippen LogP contribution is 2.32. The molecular formula is C21H24N2O. The Morgan fingerprint density at radius 3 is 2.75 bits per heavy atom. The molecule has 0 unspecified atom stereocenters. The number of carbonyl (C=O) groups excluding carboxylic acids is 1. The van der Waals surface area contributed by atoms with Gasteiger partial charge in [-0.25, -0.2) is 0 Å². The van der Waals surface area contributed by atoms with Crippen LogP contribution in [0.15, 0.2) is 36.4 Å². The van der Waals surface area contributed by atoms with Crippen LogP contribution in [0, 0.1) is 6.92 Å². The standard InChI is InChI=1S/C21H24N2O/c1-15-17(14-23-10-3-2-4-11-23)6-5-7-19(15)16-8-9-20-18(12-16)13-21(24)22-20/h5-9,12H,2-4,10-11,13-14H2,1H3,(H,22,24). The van der Waals surface area contributed by atoms with Crippen LogP contribution >= 0.6 is 0 Å². The van der Waals surface area contributed by atoms with Gasteiger partial charge in [-0.2, -0.15) is 0 Å². The highest BCUT2D eigenvalue weighted by molar-refractivity contribution is 5.99. The first-order valence-corrected chi connectivity index (χ1v) is 8.95. The monoisotopic (exact) mass is 320 g/mol. The Morgan fingerprint density at radius 2 is 1.92 bits per heavy atom. The number of carbonyl (C=O) groups is 1. The number of hydrogen-bond donors (Lipinski definition) is 1. The molecule has 24 heavy (non-hydrogen) atoms. The van der Waals surface area contributed by atoms with Crippen LogP contribution in [0.4, 0.5) is 5.69 Å². The zero-order chi connectivity index (χ0) is 16.5. The van der Waals surface area contributed by atoms with Gasteiger partial charge in [0.15, 0.2) is 0 Å². The van der Waals surface area contributed by atoms with Crippen LogP contribution in [0.5, 0.6) is 0 Å². The SMILES string of the molecule is Cc1c(CN2CCCCC2)cccc1-c1ccc2c(c1)CC(=O)N2. The molecule has 0 aliphatic carbocycles. The first-order valence-electron chi connectivity index (χ1n) is 8.95. The molecule has 2 aromatic rings. The van der Waals surface area contributed by atoms with E-state index in [0.29, 0.717) is 6.42 Å². The summed E-state index contributed by atoms with van der Waals surface area (Å²) in [5, 5.41) is 2.91. The maximum atomic E-state index is 11.6. The van der Waals surface area contributed by atoms with Crippen molar-refractivity contribution in [3.05, 3.63) is 53.1 Å². The van der Waals surface area contributed by atoms with E-state index in [4.69, 9.17) is 0 Å². The molecule has 2 heterocycles. The number of nitrogens with one attached hydrogen (secondary N) is 1. The molecule has 0 aromatic heterocycles. The van der Waals surface area contributed by atoms with Crippen LogP contribution in [0.2, 0.25) is 0 Å². The summed E-state index contributed by atoms with van der Waals surface area (Å²) in [6, 6.07) is 12.9. The van der Waals surface area contributed by atoms with Crippen LogP contribution in [0.1, 0.15) is 36.0 Å². The first kappa shape index (κ1) is 15.4. The number of benzene rings is 2. The lowest BCUT2D eigenvalue weighted by molar-refractivity contribution is -0.115. The normalized spacial score (nSPS) is 17.6. The summed E-state index contributed by atoms with van der Waals surface area (Å²) in [4.78, 5) is 14.1. The molecule has 0 bridgehead atoms. The molecule has 124 valence electrons. The summed E-state index contributed by atoms with van der Waals surface area (Å²) in [5.74, 6) is 0.0951. The third-order valence-electron chi connectivity index (χ3n) is 5.33. The number of amides is 1. The van der Waals surface area contributed by atoms with Gasteiger partial charge in [0, 0.05) is 12.2 Å². The fourth-order valence-corrected chi connectivity index (χ4v) is 3.92. The fourth-order valence-electron chi connectivity index (χ4n) is 3.92. The summed E-state index contributed by atoms with van der Waals surface area (Å²) in [6.07, 6.45) is 4.52. The maximum Gasteiger partial charge on any atom is 0.228 e. The summed E-state index contributed by atoms with van der Waals surface area (Å²) < 4.78 is 0. The van der Waals surface area contributed by atoms with Crippen molar-refractivity contribution in [1.82, 2.24) is 4.90 Å². The van der Waals surface area contributed by atoms with E-state index < -0.39 is 0 Å². The van der Waals surface area contributed by atoms with Crippen molar-refractivity contribution in [3.8, 4) is 11.1 Å². The number of nitrogens with zero attached hydrogens (tertiary/aromatic N) is 1. The van der Waals surface area contributed by atoms with E-state index >= 15 is 0 Å². The van der Waals surface area contributed by atoms with Gasteiger partial charge in [-0.1, -0.05) is 30.7 Å². The number of rotatable bonds is 3. The lowest BCUT2D eigenvalue weighted by atomic mass is 9.94. The Bertz CT molecular complexity index is 775. The van der Waals surface area contributed by atoms with Crippen molar-refractivity contribution in [3.63, 3.8) is 0 Å². The molecule has 2 aromatic carbocycles. The lowest BCUT2D eigenvalue weighted by Crippen LogP contribution is -2.29. The van der Waals surface area contributed by atoms with E-state index in [1.807, 2.05) is 6.07 Å². The van der Waals surface area contributed by atoms with E-state index in [-0.39, 0.29) is 5.91 Å². The van der Waals surface area contributed by atoms with Gasteiger partial charge < -0.3 is 5.32 Å². The topological polar surface area (TPSA) is 32.3 Å². The number of likely N-dealkylation sites (tertiary alicyclic amines) is 1. The Labute approximate surface area is 143 Å². The predicted molar refractivity (Wildman–Crippen MR) is 98.1 cm³/mol. The van der Waals surface area contributed by atoms with Gasteiger partial charge in [-0.3, -0.25) is 9.69 Å². The van der Waals surface area contributed by atoms with Crippen molar-refractivity contribution >= 4 is 11.6 Å². The van der Waals surface area contributed by atoms with Crippen molar-refractivity contribution in [2.24, 2.45) is 0 Å². The van der Waals surface area contributed by atoms with Crippen molar-refractivity contribution in [2.45, 2.75) is 39.2 Å². The third-order valence-corrected chi connectivity index (χ3v) is 5.33. The van der Waals surface area contributed by atoms with Crippen LogP contribution in [-0.2, 0) is 17.8 Å². The van der Waals surface area contributed by atoms with Gasteiger partial charge in [0.25, 0.3) is 0 Å². The minimum absolute atomic E-state index is 0.0951. The number of anilines is 1. The van der Waals surface area contributed by atoms with Gasteiger partial charge in [-0.15, -0.1) is 0 Å². The molecule has 1 fully saturated rings. The minimum atomic E-state index is 0.0951. The van der Waals surface area contributed by atoms with E-state index in [9.17, 15) is 4.79 Å². The largest absolute Gasteiger partial charge is 0.326 e. The highest BCUT2D eigenvalue weighted by atomic mass is 16.1. The first-order chi connectivity index (χ1) is 11.7. The average Bonchev–Trinajstić information content (AvgIpc) is 2.97. The summed E-state index contributed by atoms with van der Waals surface area (Å²) in [6.45, 7) is 5.71. The van der Waals surface area contributed by atoms with Gasteiger partial charge in [0.05, 0.1) is 6.42 Å². The molecular weight excluding hydrogens is 296 g/mol. The second-order valence-corrected chi connectivity index (χ2v) is 7.02. The maximum absolute atomic E-state index is 11.6. The zero-order valence-corrected chi connectivity index (χ0v) is 14.3. The van der Waals surface area contributed by atoms with Gasteiger partial charge in [0.1, 0.15) is 0 Å². The van der Waals surface area contributed by atoms with Crippen LogP contribution < -0.4 is 5.32 Å². The minimum Gasteiger partial charge on any atom is -0.326 e. The van der Waals surface area contributed by atoms with Gasteiger partial charge in [-0.05, 0) is 72.8 Å². The summed E-state index contributed by atoms with van der Waals surface area (Å²) >= 11 is 0. The smallest absolute Gasteiger partial charge is 0.228 e. The average molecular weight is 320 g/mol. The molecule has 1 saturated heterocycles. The summed E-state index contributed by atoms with van der Waals surface area (Å²) in [7, 11) is 0. The fraction of sp³-hybridized carbons (Fsp3) is 0.381. The predicted octanol–water partition coefficient (Wildman–Crippen LogP) is 4.14. The van der Waals surface area contributed by atoms with Gasteiger partial charge in [0.2, 0.25) is 5.91 Å². The molecule has 3 nitrogen and oxygen atoms in total. The summed E-state index contributed by atoms with van der Waals surface area (Å²) in [5.41, 5.74) is 7.35. The molecule has 1 N–H and O–H groups in total. The Morgan fingerprint density at radius 1 is 1.08 bits per heavy atom. The molecule has 2 aliphatic rings. The van der Waals surface area contributed by atoms with E-state index in [1.54, 1.807) is 0 Å². The Hall–Kier alpha value is -2.13. The number of fused-ring (bicyclic) bond motifs is 1. The van der Waals surface area contributed by atoms with Crippen LogP contribution in [0.3, 0.4) is 0 Å². The van der Waals surface area contributed by atoms with Crippen molar-refractivity contribution in [1.29, 1.82) is 0 Å². The van der Waals surface area contributed by atoms with Crippen LogP contribution in [-0.4, -0.2) is 23.9 Å². The van der Waals surface area contributed by atoms with E-state index in [1.165, 1.54) is 54.6 Å². The second kappa shape index (κ2) is 6.40. The second-order valence-electron chi connectivity index (χ2n) is 7.02. The molecule has 0 saturated carbocycles. The third kappa shape index (κ3) is 2.96. The Kier molecular flexibility index (Phi) is 4.11. The van der Waals surface area contributed by atoms with E-state index in [0.717, 1.165) is 17.8 Å². The van der Waals surface area contributed by atoms with Crippen molar-refractivity contribution in [2.75, 3.05) is 18.4 Å².